The second kappa shape index (κ2) is 9.65. The van der Waals surface area contributed by atoms with Crippen LogP contribution in [0.5, 0.6) is 0 Å². The largest absolute Gasteiger partial charge is 0.465 e. The summed E-state index contributed by atoms with van der Waals surface area (Å²) in [5.41, 5.74) is 2.25. The molecule has 1 heterocycles. The monoisotopic (exact) mass is 437 g/mol. The van der Waals surface area contributed by atoms with Gasteiger partial charge in [-0.3, -0.25) is 0 Å². The van der Waals surface area contributed by atoms with Crippen LogP contribution in [0.2, 0.25) is 0 Å². The molecule has 0 saturated heterocycles. The van der Waals surface area contributed by atoms with Crippen molar-refractivity contribution in [2.45, 2.75) is 0 Å². The lowest BCUT2D eigenvalue weighted by molar-refractivity contribution is 0.0599. The molecule has 0 aliphatic carbocycles. The van der Waals surface area contributed by atoms with Crippen molar-refractivity contribution in [3.8, 4) is 17.3 Å². The molecule has 0 amide bonds. The first-order valence-electron chi connectivity index (χ1n) is 8.85. The number of nitrogens with zero attached hydrogens (tertiary/aromatic N) is 2. The predicted molar refractivity (Wildman–Crippen MR) is 114 cm³/mol. The molecular formula is C22H16FN3O4S. The summed E-state index contributed by atoms with van der Waals surface area (Å²) in [6, 6.07) is 12.3. The second-order valence-electron chi connectivity index (χ2n) is 6.14. The quantitative estimate of drug-likeness (QED) is 0.447. The van der Waals surface area contributed by atoms with E-state index in [1.807, 2.05) is 0 Å². The van der Waals surface area contributed by atoms with Gasteiger partial charge in [0.2, 0.25) is 0 Å². The third kappa shape index (κ3) is 5.12. The number of methoxy groups -OCH3 is 2. The van der Waals surface area contributed by atoms with Gasteiger partial charge in [0.1, 0.15) is 22.5 Å². The van der Waals surface area contributed by atoms with Gasteiger partial charge in [0.25, 0.3) is 0 Å². The van der Waals surface area contributed by atoms with Crippen molar-refractivity contribution in [1.82, 2.24) is 4.98 Å². The van der Waals surface area contributed by atoms with Crippen LogP contribution >= 0.6 is 11.3 Å². The minimum Gasteiger partial charge on any atom is -0.465 e. The summed E-state index contributed by atoms with van der Waals surface area (Å²) < 4.78 is 22.5. The van der Waals surface area contributed by atoms with Gasteiger partial charge < -0.3 is 14.8 Å². The fraction of sp³-hybridized carbons (Fsp3) is 0.0909. The number of ether oxygens (including phenoxy) is 2. The maximum absolute atomic E-state index is 13.1. The van der Waals surface area contributed by atoms with Crippen molar-refractivity contribution in [3.63, 3.8) is 0 Å². The zero-order chi connectivity index (χ0) is 22.4. The van der Waals surface area contributed by atoms with Crippen LogP contribution in [0.1, 0.15) is 25.7 Å². The van der Waals surface area contributed by atoms with Gasteiger partial charge in [0, 0.05) is 22.8 Å². The number of benzene rings is 2. The van der Waals surface area contributed by atoms with Crippen LogP contribution in [0.4, 0.5) is 10.1 Å². The number of nitriles is 1. The van der Waals surface area contributed by atoms with E-state index in [1.54, 1.807) is 17.5 Å². The van der Waals surface area contributed by atoms with Crippen molar-refractivity contribution in [2.24, 2.45) is 0 Å². The van der Waals surface area contributed by atoms with Crippen molar-refractivity contribution < 1.29 is 23.5 Å². The van der Waals surface area contributed by atoms with Crippen LogP contribution < -0.4 is 5.32 Å². The molecule has 0 aliphatic heterocycles. The summed E-state index contributed by atoms with van der Waals surface area (Å²) in [5.74, 6) is -1.59. The molecule has 0 saturated carbocycles. The van der Waals surface area contributed by atoms with Crippen molar-refractivity contribution in [1.29, 1.82) is 5.26 Å². The lowest BCUT2D eigenvalue weighted by atomic mass is 10.1. The third-order valence-electron chi connectivity index (χ3n) is 4.15. The SMILES string of the molecule is COC(=O)c1cc(NC=C(C#N)c2nc(-c3ccc(F)cc3)cs2)cc(C(=O)OC)c1. The van der Waals surface area contributed by atoms with Gasteiger partial charge in [0.05, 0.1) is 31.0 Å². The Morgan fingerprint density at radius 1 is 1.10 bits per heavy atom. The van der Waals surface area contributed by atoms with E-state index in [0.29, 0.717) is 16.4 Å². The zero-order valence-electron chi connectivity index (χ0n) is 16.5. The Bertz CT molecular complexity index is 1160. The Morgan fingerprint density at radius 3 is 2.26 bits per heavy atom. The number of anilines is 1. The smallest absolute Gasteiger partial charge is 0.337 e. The average Bonchev–Trinajstić information content (AvgIpc) is 3.28. The Labute approximate surface area is 181 Å². The molecule has 0 unspecified atom stereocenters. The highest BCUT2D eigenvalue weighted by Gasteiger charge is 2.14. The van der Waals surface area contributed by atoms with E-state index in [9.17, 15) is 19.2 Å². The molecule has 2 aromatic carbocycles. The number of carbonyl (C=O) groups excluding carboxylic acids is 2. The molecule has 0 spiro atoms. The molecule has 0 fully saturated rings. The number of carbonyl (C=O) groups is 2. The van der Waals surface area contributed by atoms with Crippen LogP contribution in [0.3, 0.4) is 0 Å². The molecule has 7 nitrogen and oxygen atoms in total. The summed E-state index contributed by atoms with van der Waals surface area (Å²) in [6.45, 7) is 0. The maximum Gasteiger partial charge on any atom is 0.337 e. The standard InChI is InChI=1S/C22H16FN3O4S/c1-29-21(27)14-7-15(22(28)30-2)9-18(8-14)25-11-16(10-24)20-26-19(12-31-20)13-3-5-17(23)6-4-13/h3-9,11-12,25H,1-2H3. The molecular weight excluding hydrogens is 421 g/mol. The summed E-state index contributed by atoms with van der Waals surface area (Å²) in [6.07, 6.45) is 1.42. The molecule has 9 heteroatoms. The summed E-state index contributed by atoms with van der Waals surface area (Å²) in [5, 5.41) is 14.7. The molecule has 31 heavy (non-hydrogen) atoms. The first kappa shape index (κ1) is 21.7. The molecule has 1 aromatic heterocycles. The Balaban J connectivity index is 1.89. The summed E-state index contributed by atoms with van der Waals surface area (Å²) in [4.78, 5) is 28.2. The third-order valence-corrected chi connectivity index (χ3v) is 5.03. The Hall–Kier alpha value is -4.03. The van der Waals surface area contributed by atoms with E-state index in [1.165, 1.54) is 62.1 Å². The topological polar surface area (TPSA) is 101 Å². The highest BCUT2D eigenvalue weighted by Crippen LogP contribution is 2.26. The van der Waals surface area contributed by atoms with E-state index in [-0.39, 0.29) is 22.5 Å². The number of nitrogens with one attached hydrogen (secondary N) is 1. The van der Waals surface area contributed by atoms with E-state index in [0.717, 1.165) is 5.56 Å². The molecule has 3 aromatic rings. The van der Waals surface area contributed by atoms with Crippen molar-refractivity contribution in [3.05, 3.63) is 76.0 Å². The van der Waals surface area contributed by atoms with Crippen LogP contribution in [0.15, 0.2) is 54.0 Å². The van der Waals surface area contributed by atoms with Gasteiger partial charge in [-0.2, -0.15) is 5.26 Å². The van der Waals surface area contributed by atoms with Gasteiger partial charge in [0.15, 0.2) is 0 Å². The number of esters is 2. The number of hydrogen-bond donors (Lipinski definition) is 1. The molecule has 0 bridgehead atoms. The Kier molecular flexibility index (Phi) is 6.74. The van der Waals surface area contributed by atoms with E-state index < -0.39 is 11.9 Å². The van der Waals surface area contributed by atoms with Crippen LogP contribution in [-0.2, 0) is 9.47 Å². The molecule has 0 aliphatic rings. The van der Waals surface area contributed by atoms with E-state index in [4.69, 9.17) is 9.47 Å². The molecule has 0 atom stereocenters. The van der Waals surface area contributed by atoms with Crippen LogP contribution in [0.25, 0.3) is 16.8 Å². The van der Waals surface area contributed by atoms with Gasteiger partial charge in [-0.25, -0.2) is 19.0 Å². The van der Waals surface area contributed by atoms with Crippen molar-refractivity contribution >= 4 is 34.5 Å². The number of thiazole rings is 1. The fourth-order valence-corrected chi connectivity index (χ4v) is 3.42. The molecule has 1 N–H and O–H groups in total. The average molecular weight is 437 g/mol. The van der Waals surface area contributed by atoms with Gasteiger partial charge in [-0.15, -0.1) is 11.3 Å². The van der Waals surface area contributed by atoms with Crippen LogP contribution in [-0.4, -0.2) is 31.1 Å². The minimum absolute atomic E-state index is 0.146. The lowest BCUT2D eigenvalue weighted by Crippen LogP contribution is -2.07. The minimum atomic E-state index is -0.623. The van der Waals surface area contributed by atoms with Gasteiger partial charge in [-0.1, -0.05) is 0 Å². The second-order valence-corrected chi connectivity index (χ2v) is 7.00. The zero-order valence-corrected chi connectivity index (χ0v) is 17.3. The van der Waals surface area contributed by atoms with Gasteiger partial charge in [-0.05, 0) is 42.5 Å². The number of halogens is 1. The summed E-state index contributed by atoms with van der Waals surface area (Å²) >= 11 is 1.26. The number of allylic oxidation sites excluding steroid dienone is 1. The number of aromatic nitrogens is 1. The molecule has 0 radical (unpaired) electrons. The highest BCUT2D eigenvalue weighted by atomic mass is 32.1. The maximum atomic E-state index is 13.1. The number of hydrogen-bond acceptors (Lipinski definition) is 8. The van der Waals surface area contributed by atoms with E-state index >= 15 is 0 Å². The lowest BCUT2D eigenvalue weighted by Gasteiger charge is -2.08. The van der Waals surface area contributed by atoms with Gasteiger partial charge >= 0.3 is 11.9 Å². The summed E-state index contributed by atoms with van der Waals surface area (Å²) in [7, 11) is 2.46. The normalized spacial score (nSPS) is 10.8. The predicted octanol–water partition coefficient (Wildman–Crippen LogP) is 4.50. The Morgan fingerprint density at radius 2 is 1.71 bits per heavy atom. The first-order chi connectivity index (χ1) is 14.9. The number of rotatable bonds is 6. The van der Waals surface area contributed by atoms with Crippen molar-refractivity contribution in [2.75, 3.05) is 19.5 Å². The molecule has 156 valence electrons. The highest BCUT2D eigenvalue weighted by molar-refractivity contribution is 7.11. The van der Waals surface area contributed by atoms with Crippen LogP contribution in [0, 0.1) is 17.1 Å². The molecule has 3 rings (SSSR count). The van der Waals surface area contributed by atoms with E-state index in [2.05, 4.69) is 16.4 Å². The fourth-order valence-electron chi connectivity index (χ4n) is 2.63. The first-order valence-corrected chi connectivity index (χ1v) is 9.73.